The van der Waals surface area contributed by atoms with Crippen molar-refractivity contribution in [2.45, 2.75) is 29.7 Å². The molecule has 0 spiro atoms. The van der Waals surface area contributed by atoms with Crippen molar-refractivity contribution in [2.75, 3.05) is 12.0 Å². The highest BCUT2D eigenvalue weighted by Gasteiger charge is 2.38. The first-order valence-electron chi connectivity index (χ1n) is 5.18. The molecule has 1 saturated carbocycles. The molecule has 2 rings (SSSR count). The van der Waals surface area contributed by atoms with Crippen LogP contribution in [0, 0.1) is 0 Å². The Hall–Kier alpha value is -1.07. The molecule has 4 nitrogen and oxygen atoms in total. The fourth-order valence-corrected chi connectivity index (χ4v) is 2.62. The second kappa shape index (κ2) is 3.46. The smallest absolute Gasteiger partial charge is 0.177 e. The van der Waals surface area contributed by atoms with Gasteiger partial charge in [0.25, 0.3) is 0 Å². The third-order valence-electron chi connectivity index (χ3n) is 2.93. The van der Waals surface area contributed by atoms with Crippen LogP contribution in [0.1, 0.15) is 18.4 Å². The maximum atomic E-state index is 11.5. The maximum absolute atomic E-state index is 11.5. The van der Waals surface area contributed by atoms with Crippen LogP contribution in [0.5, 0.6) is 0 Å². The average Bonchev–Trinajstić information content (AvgIpc) is 2.85. The van der Waals surface area contributed by atoms with E-state index in [1.54, 1.807) is 12.1 Å². The summed E-state index contributed by atoms with van der Waals surface area (Å²) >= 11 is 0. The van der Waals surface area contributed by atoms with E-state index in [4.69, 9.17) is 11.5 Å². The van der Waals surface area contributed by atoms with Crippen LogP contribution in [-0.2, 0) is 16.3 Å². The van der Waals surface area contributed by atoms with Gasteiger partial charge in [-0.3, -0.25) is 0 Å². The quantitative estimate of drug-likeness (QED) is 0.762. The van der Waals surface area contributed by atoms with E-state index in [-0.39, 0.29) is 10.4 Å². The van der Waals surface area contributed by atoms with Crippen LogP contribution in [0.25, 0.3) is 0 Å². The first kappa shape index (κ1) is 11.4. The van der Waals surface area contributed by atoms with Crippen LogP contribution in [0.3, 0.4) is 0 Å². The van der Waals surface area contributed by atoms with E-state index in [1.807, 2.05) is 6.07 Å². The first-order chi connectivity index (χ1) is 7.30. The van der Waals surface area contributed by atoms with Crippen molar-refractivity contribution in [3.63, 3.8) is 0 Å². The van der Waals surface area contributed by atoms with E-state index in [0.717, 1.165) is 31.1 Å². The number of hydrogen-bond acceptors (Lipinski definition) is 4. The molecule has 1 fully saturated rings. The molecule has 0 atom stereocenters. The van der Waals surface area contributed by atoms with E-state index in [1.165, 1.54) is 0 Å². The number of nitrogens with two attached hydrogens (primary N) is 2. The molecule has 0 bridgehead atoms. The SMILES string of the molecule is CS(=O)(=O)c1cc(CC2(N)CC2)ccc1N. The number of sulfone groups is 1. The summed E-state index contributed by atoms with van der Waals surface area (Å²) in [5, 5.41) is 0. The van der Waals surface area contributed by atoms with Crippen molar-refractivity contribution in [2.24, 2.45) is 5.73 Å². The highest BCUT2D eigenvalue weighted by molar-refractivity contribution is 7.90. The zero-order valence-corrected chi connectivity index (χ0v) is 10.0. The zero-order valence-electron chi connectivity index (χ0n) is 9.23. The number of rotatable bonds is 3. The fraction of sp³-hybridized carbons (Fsp3) is 0.455. The summed E-state index contributed by atoms with van der Waals surface area (Å²) in [6.45, 7) is 0. The molecule has 88 valence electrons. The van der Waals surface area contributed by atoms with Gasteiger partial charge in [-0.15, -0.1) is 0 Å². The summed E-state index contributed by atoms with van der Waals surface area (Å²) in [5.74, 6) is 0. The molecule has 0 radical (unpaired) electrons. The van der Waals surface area contributed by atoms with Crippen LogP contribution in [0.4, 0.5) is 5.69 Å². The van der Waals surface area contributed by atoms with Gasteiger partial charge >= 0.3 is 0 Å². The molecule has 0 aliphatic heterocycles. The van der Waals surface area contributed by atoms with Gasteiger partial charge in [0.15, 0.2) is 9.84 Å². The van der Waals surface area contributed by atoms with Gasteiger partial charge in [0.05, 0.1) is 10.6 Å². The summed E-state index contributed by atoms with van der Waals surface area (Å²) in [7, 11) is -3.26. The molecule has 0 amide bonds. The van der Waals surface area contributed by atoms with Gasteiger partial charge in [-0.1, -0.05) is 6.07 Å². The number of hydrogen-bond donors (Lipinski definition) is 2. The predicted octanol–water partition coefficient (Wildman–Crippen LogP) is 0.706. The molecular weight excluding hydrogens is 224 g/mol. The molecule has 1 aromatic rings. The molecule has 1 aromatic carbocycles. The summed E-state index contributed by atoms with van der Waals surface area (Å²) in [5.41, 5.74) is 12.8. The van der Waals surface area contributed by atoms with E-state index < -0.39 is 9.84 Å². The number of anilines is 1. The average molecular weight is 240 g/mol. The van der Waals surface area contributed by atoms with Crippen LogP contribution in [-0.4, -0.2) is 20.2 Å². The molecule has 1 aliphatic rings. The fourth-order valence-electron chi connectivity index (χ4n) is 1.75. The van der Waals surface area contributed by atoms with Crippen LogP contribution >= 0.6 is 0 Å². The molecule has 16 heavy (non-hydrogen) atoms. The second-order valence-corrected chi connectivity index (χ2v) is 6.67. The zero-order chi connectivity index (χ0) is 12.0. The Labute approximate surface area is 95.6 Å². The highest BCUT2D eigenvalue weighted by atomic mass is 32.2. The largest absolute Gasteiger partial charge is 0.398 e. The van der Waals surface area contributed by atoms with Gasteiger partial charge in [0.1, 0.15) is 0 Å². The Kier molecular flexibility index (Phi) is 2.47. The van der Waals surface area contributed by atoms with Crippen molar-refractivity contribution in [3.8, 4) is 0 Å². The van der Waals surface area contributed by atoms with Crippen molar-refractivity contribution in [1.29, 1.82) is 0 Å². The minimum absolute atomic E-state index is 0.120. The van der Waals surface area contributed by atoms with Crippen LogP contribution < -0.4 is 11.5 Å². The Balaban J connectivity index is 2.36. The first-order valence-corrected chi connectivity index (χ1v) is 7.07. The highest BCUT2D eigenvalue weighted by Crippen LogP contribution is 2.36. The van der Waals surface area contributed by atoms with Gasteiger partial charge in [0, 0.05) is 11.8 Å². The van der Waals surface area contributed by atoms with Gasteiger partial charge in [-0.05, 0) is 37.0 Å². The standard InChI is InChI=1S/C11H16N2O2S/c1-16(14,15)10-6-8(2-3-9(10)12)7-11(13)4-5-11/h2-3,6H,4-5,7,12-13H2,1H3. The van der Waals surface area contributed by atoms with Gasteiger partial charge in [-0.2, -0.15) is 0 Å². The Morgan fingerprint density at radius 2 is 2.00 bits per heavy atom. The summed E-state index contributed by atoms with van der Waals surface area (Å²) < 4.78 is 23.0. The predicted molar refractivity (Wildman–Crippen MR) is 63.8 cm³/mol. The minimum atomic E-state index is -3.26. The normalized spacial score (nSPS) is 18.4. The number of benzene rings is 1. The lowest BCUT2D eigenvalue weighted by atomic mass is 10.0. The molecule has 0 heterocycles. The molecule has 5 heteroatoms. The van der Waals surface area contributed by atoms with Gasteiger partial charge in [-0.25, -0.2) is 8.42 Å². The number of nitrogen functional groups attached to an aromatic ring is 1. The van der Waals surface area contributed by atoms with Gasteiger partial charge in [0.2, 0.25) is 0 Å². The van der Waals surface area contributed by atoms with Crippen molar-refractivity contribution in [3.05, 3.63) is 23.8 Å². The van der Waals surface area contributed by atoms with Crippen LogP contribution in [0.2, 0.25) is 0 Å². The third-order valence-corrected chi connectivity index (χ3v) is 4.08. The monoisotopic (exact) mass is 240 g/mol. The molecule has 0 aromatic heterocycles. The molecule has 1 aliphatic carbocycles. The lowest BCUT2D eigenvalue weighted by Crippen LogP contribution is -2.24. The lowest BCUT2D eigenvalue weighted by molar-refractivity contribution is 0.601. The third kappa shape index (κ3) is 2.36. The Bertz CT molecular complexity index is 519. The van der Waals surface area contributed by atoms with E-state index in [9.17, 15) is 8.42 Å². The van der Waals surface area contributed by atoms with E-state index >= 15 is 0 Å². The molecular formula is C11H16N2O2S. The van der Waals surface area contributed by atoms with E-state index in [2.05, 4.69) is 0 Å². The Morgan fingerprint density at radius 1 is 1.38 bits per heavy atom. The summed E-state index contributed by atoms with van der Waals surface area (Å²) in [6.07, 6.45) is 3.89. The molecule has 4 N–H and O–H groups in total. The van der Waals surface area contributed by atoms with Crippen molar-refractivity contribution in [1.82, 2.24) is 0 Å². The second-order valence-electron chi connectivity index (χ2n) is 4.68. The Morgan fingerprint density at radius 3 is 2.50 bits per heavy atom. The maximum Gasteiger partial charge on any atom is 0.177 e. The van der Waals surface area contributed by atoms with Gasteiger partial charge < -0.3 is 11.5 Å². The van der Waals surface area contributed by atoms with E-state index in [0.29, 0.717) is 5.69 Å². The van der Waals surface area contributed by atoms with Crippen molar-refractivity contribution < 1.29 is 8.42 Å². The van der Waals surface area contributed by atoms with Crippen molar-refractivity contribution >= 4 is 15.5 Å². The molecule has 0 unspecified atom stereocenters. The lowest BCUT2D eigenvalue weighted by Gasteiger charge is -2.11. The summed E-state index contributed by atoms with van der Waals surface area (Å²) in [4.78, 5) is 0.203. The summed E-state index contributed by atoms with van der Waals surface area (Å²) in [6, 6.07) is 5.12. The minimum Gasteiger partial charge on any atom is -0.398 e. The van der Waals surface area contributed by atoms with Crippen LogP contribution in [0.15, 0.2) is 23.1 Å². The topological polar surface area (TPSA) is 86.2 Å². The molecule has 0 saturated heterocycles.